The molecule has 0 spiro atoms. The van der Waals surface area contributed by atoms with Crippen LogP contribution in [0.25, 0.3) is 11.3 Å². The summed E-state index contributed by atoms with van der Waals surface area (Å²) in [6.45, 7) is 3.91. The van der Waals surface area contributed by atoms with Gasteiger partial charge in [-0.15, -0.1) is 0 Å². The summed E-state index contributed by atoms with van der Waals surface area (Å²) in [4.78, 5) is 26.1. The molecule has 2 aromatic carbocycles. The quantitative estimate of drug-likeness (QED) is 0.599. The molecule has 2 aliphatic rings. The Balaban J connectivity index is 1.43. The SMILES string of the molecule is CC(=O)N1CCC([C@@H]2CCNc3c(C(N)=O)c(-c4ccc(Oc5ccccc5)cc4)nn32)CC1. The third-order valence-corrected chi connectivity index (χ3v) is 6.84. The minimum Gasteiger partial charge on any atom is -0.457 e. The molecule has 5 rings (SSSR count). The Hall–Kier alpha value is -3.81. The Bertz CT molecular complexity index is 1180. The summed E-state index contributed by atoms with van der Waals surface area (Å²) in [5.41, 5.74) is 7.63. The van der Waals surface area contributed by atoms with Gasteiger partial charge < -0.3 is 20.7 Å². The van der Waals surface area contributed by atoms with Crippen LogP contribution in [0.4, 0.5) is 5.82 Å². The number of amides is 2. The number of nitrogens with zero attached hydrogens (tertiary/aromatic N) is 3. The van der Waals surface area contributed by atoms with Crippen LogP contribution in [-0.2, 0) is 4.79 Å². The minimum absolute atomic E-state index is 0.126. The van der Waals surface area contributed by atoms with E-state index in [0.717, 1.165) is 50.2 Å². The highest BCUT2D eigenvalue weighted by Crippen LogP contribution is 2.40. The van der Waals surface area contributed by atoms with Crippen molar-refractivity contribution in [1.82, 2.24) is 14.7 Å². The third-order valence-electron chi connectivity index (χ3n) is 6.84. The van der Waals surface area contributed by atoms with Crippen LogP contribution in [0, 0.1) is 5.92 Å². The molecular formula is C26H29N5O3. The van der Waals surface area contributed by atoms with Crippen molar-refractivity contribution in [3.8, 4) is 22.8 Å². The van der Waals surface area contributed by atoms with E-state index in [1.807, 2.05) is 64.2 Å². The Morgan fingerprint density at radius 2 is 1.68 bits per heavy atom. The van der Waals surface area contributed by atoms with E-state index in [0.29, 0.717) is 28.7 Å². The Kier molecular flexibility index (Phi) is 5.96. The molecule has 1 aromatic heterocycles. The van der Waals surface area contributed by atoms with Crippen molar-refractivity contribution in [2.45, 2.75) is 32.2 Å². The molecule has 3 aromatic rings. The van der Waals surface area contributed by atoms with Gasteiger partial charge in [0.25, 0.3) is 5.91 Å². The molecule has 176 valence electrons. The number of likely N-dealkylation sites (tertiary alicyclic amines) is 1. The highest BCUT2D eigenvalue weighted by atomic mass is 16.5. The van der Waals surface area contributed by atoms with Gasteiger partial charge in [0.05, 0.1) is 6.04 Å². The molecule has 0 radical (unpaired) electrons. The first-order chi connectivity index (χ1) is 16.5. The number of hydrogen-bond donors (Lipinski definition) is 2. The van der Waals surface area contributed by atoms with Crippen molar-refractivity contribution < 1.29 is 14.3 Å². The fourth-order valence-electron chi connectivity index (χ4n) is 5.08. The van der Waals surface area contributed by atoms with E-state index in [1.54, 1.807) is 6.92 Å². The number of piperidine rings is 1. The maximum absolute atomic E-state index is 12.5. The number of ether oxygens (including phenoxy) is 1. The summed E-state index contributed by atoms with van der Waals surface area (Å²) < 4.78 is 7.85. The van der Waals surface area contributed by atoms with Gasteiger partial charge in [-0.3, -0.25) is 9.59 Å². The van der Waals surface area contributed by atoms with E-state index in [4.69, 9.17) is 15.6 Å². The lowest BCUT2D eigenvalue weighted by atomic mass is 9.87. The van der Waals surface area contributed by atoms with Gasteiger partial charge >= 0.3 is 0 Å². The van der Waals surface area contributed by atoms with Gasteiger partial charge in [-0.05, 0) is 61.6 Å². The van der Waals surface area contributed by atoms with Crippen molar-refractivity contribution >= 4 is 17.6 Å². The first kappa shape index (κ1) is 22.0. The molecule has 1 fully saturated rings. The zero-order valence-electron chi connectivity index (χ0n) is 19.2. The normalized spacial score (nSPS) is 18.1. The zero-order valence-corrected chi connectivity index (χ0v) is 19.2. The zero-order chi connectivity index (χ0) is 23.7. The van der Waals surface area contributed by atoms with Crippen molar-refractivity contribution in [3.63, 3.8) is 0 Å². The predicted octanol–water partition coefficient (Wildman–Crippen LogP) is 4.06. The van der Waals surface area contributed by atoms with Crippen molar-refractivity contribution in [1.29, 1.82) is 0 Å². The summed E-state index contributed by atoms with van der Waals surface area (Å²) in [6.07, 6.45) is 2.77. The van der Waals surface area contributed by atoms with Crippen LogP contribution in [-0.4, -0.2) is 46.1 Å². The molecule has 8 nitrogen and oxygen atoms in total. The number of hydrogen-bond acceptors (Lipinski definition) is 5. The van der Waals surface area contributed by atoms with Crippen LogP contribution >= 0.6 is 0 Å². The van der Waals surface area contributed by atoms with Gasteiger partial charge in [-0.1, -0.05) is 18.2 Å². The lowest BCUT2D eigenvalue weighted by Crippen LogP contribution is -2.40. The van der Waals surface area contributed by atoms with Crippen LogP contribution in [0.3, 0.4) is 0 Å². The topological polar surface area (TPSA) is 102 Å². The molecule has 3 N–H and O–H groups in total. The summed E-state index contributed by atoms with van der Waals surface area (Å²) in [6, 6.07) is 17.3. The lowest BCUT2D eigenvalue weighted by molar-refractivity contribution is -0.130. The highest BCUT2D eigenvalue weighted by Gasteiger charge is 2.35. The summed E-state index contributed by atoms with van der Waals surface area (Å²) >= 11 is 0. The lowest BCUT2D eigenvalue weighted by Gasteiger charge is -2.38. The van der Waals surface area contributed by atoms with Crippen LogP contribution in [0.2, 0.25) is 0 Å². The Labute approximate surface area is 198 Å². The minimum atomic E-state index is -0.500. The number of fused-ring (bicyclic) bond motifs is 1. The van der Waals surface area contributed by atoms with E-state index in [9.17, 15) is 9.59 Å². The first-order valence-corrected chi connectivity index (χ1v) is 11.8. The summed E-state index contributed by atoms with van der Waals surface area (Å²) in [7, 11) is 0. The highest BCUT2D eigenvalue weighted by molar-refractivity contribution is 6.03. The molecule has 0 saturated carbocycles. The molecule has 0 aliphatic carbocycles. The predicted molar refractivity (Wildman–Crippen MR) is 130 cm³/mol. The smallest absolute Gasteiger partial charge is 0.254 e. The maximum Gasteiger partial charge on any atom is 0.254 e. The number of nitrogens with two attached hydrogens (primary N) is 1. The number of para-hydroxylation sites is 1. The van der Waals surface area contributed by atoms with Gasteiger partial charge in [0.2, 0.25) is 5.91 Å². The number of carbonyl (C=O) groups excluding carboxylic acids is 2. The standard InChI is InChI=1S/C26H29N5O3/c1-17(32)30-15-12-18(13-16-30)22-11-14-28-26-23(25(27)33)24(29-31(22)26)19-7-9-21(10-8-19)34-20-5-3-2-4-6-20/h2-10,18,22,28H,11-16H2,1H3,(H2,27,33)/t22-/m0/s1. The number of aromatic nitrogens is 2. The molecule has 2 amide bonds. The van der Waals surface area contributed by atoms with Crippen LogP contribution in [0.1, 0.15) is 42.6 Å². The molecular weight excluding hydrogens is 430 g/mol. The van der Waals surface area contributed by atoms with Gasteiger partial charge in [0.15, 0.2) is 0 Å². The van der Waals surface area contributed by atoms with E-state index >= 15 is 0 Å². The fraction of sp³-hybridized carbons (Fsp3) is 0.346. The second-order valence-corrected chi connectivity index (χ2v) is 8.95. The number of carbonyl (C=O) groups is 2. The third kappa shape index (κ3) is 4.23. The summed E-state index contributed by atoms with van der Waals surface area (Å²) in [5.74, 6) is 2.17. The van der Waals surface area contributed by atoms with E-state index in [-0.39, 0.29) is 11.9 Å². The number of anilines is 1. The molecule has 0 bridgehead atoms. The maximum atomic E-state index is 12.5. The van der Waals surface area contributed by atoms with Gasteiger partial charge in [0, 0.05) is 32.1 Å². The molecule has 8 heteroatoms. The van der Waals surface area contributed by atoms with E-state index < -0.39 is 5.91 Å². The molecule has 3 heterocycles. The van der Waals surface area contributed by atoms with Crippen LogP contribution in [0.15, 0.2) is 54.6 Å². The number of benzene rings is 2. The van der Waals surface area contributed by atoms with E-state index in [2.05, 4.69) is 5.32 Å². The molecule has 1 saturated heterocycles. The van der Waals surface area contributed by atoms with E-state index in [1.165, 1.54) is 0 Å². The average Bonchev–Trinajstić information content (AvgIpc) is 3.25. The monoisotopic (exact) mass is 459 g/mol. The Morgan fingerprint density at radius 3 is 2.32 bits per heavy atom. The number of primary amides is 1. The van der Waals surface area contributed by atoms with Gasteiger partial charge in [-0.2, -0.15) is 5.10 Å². The first-order valence-electron chi connectivity index (χ1n) is 11.8. The average molecular weight is 460 g/mol. The molecule has 0 unspecified atom stereocenters. The van der Waals surface area contributed by atoms with Crippen molar-refractivity contribution in [3.05, 3.63) is 60.2 Å². The van der Waals surface area contributed by atoms with Gasteiger partial charge in [0.1, 0.15) is 28.6 Å². The number of rotatable bonds is 5. The van der Waals surface area contributed by atoms with Crippen molar-refractivity contribution in [2.75, 3.05) is 25.0 Å². The second kappa shape index (κ2) is 9.21. The van der Waals surface area contributed by atoms with Gasteiger partial charge in [-0.25, -0.2) is 4.68 Å². The Morgan fingerprint density at radius 1 is 1.00 bits per heavy atom. The molecule has 1 atom stereocenters. The summed E-state index contributed by atoms with van der Waals surface area (Å²) in [5, 5.41) is 8.25. The second-order valence-electron chi connectivity index (χ2n) is 8.95. The van der Waals surface area contributed by atoms with Crippen LogP contribution in [0.5, 0.6) is 11.5 Å². The number of nitrogens with one attached hydrogen (secondary N) is 1. The molecule has 2 aliphatic heterocycles. The van der Waals surface area contributed by atoms with Crippen molar-refractivity contribution in [2.24, 2.45) is 11.7 Å². The van der Waals surface area contributed by atoms with Crippen LogP contribution < -0.4 is 15.8 Å². The molecule has 34 heavy (non-hydrogen) atoms. The fourth-order valence-corrected chi connectivity index (χ4v) is 5.08. The largest absolute Gasteiger partial charge is 0.457 e.